The number of nitrogens with zero attached hydrogens (tertiary/aromatic N) is 1. The number of anilines is 1. The van der Waals surface area contributed by atoms with Crippen LogP contribution >= 0.6 is 50.2 Å². The van der Waals surface area contributed by atoms with Gasteiger partial charge in [-0.15, -0.1) is 22.7 Å². The molecule has 0 amide bonds. The largest absolute Gasteiger partial charge is 0.375 e. The van der Waals surface area contributed by atoms with Crippen molar-refractivity contribution in [1.82, 2.24) is 4.98 Å². The first kappa shape index (κ1) is 15.0. The first-order chi connectivity index (χ1) is 10.2. The Morgan fingerprint density at radius 1 is 1.24 bits per heavy atom. The summed E-state index contributed by atoms with van der Waals surface area (Å²) in [6.45, 7) is 0. The van der Waals surface area contributed by atoms with E-state index in [1.807, 2.05) is 6.07 Å². The Hall–Kier alpha value is -0.880. The van der Waals surface area contributed by atoms with Crippen LogP contribution < -0.4 is 5.32 Å². The molecule has 1 unspecified atom stereocenters. The summed E-state index contributed by atoms with van der Waals surface area (Å²) in [6.07, 6.45) is 2.63. The summed E-state index contributed by atoms with van der Waals surface area (Å²) >= 11 is 13.2. The Morgan fingerprint density at radius 2 is 2.05 bits per heavy atom. The normalized spacial score (nSPS) is 12.3. The van der Waals surface area contributed by atoms with Crippen LogP contribution in [0.3, 0.4) is 0 Å². The maximum absolute atomic E-state index is 6.20. The molecule has 1 N–H and O–H groups in total. The van der Waals surface area contributed by atoms with E-state index in [-0.39, 0.29) is 6.04 Å². The minimum absolute atomic E-state index is 0.192. The molecule has 0 radical (unpaired) electrons. The molecule has 108 valence electrons. The van der Waals surface area contributed by atoms with Gasteiger partial charge in [-0.1, -0.05) is 23.7 Å². The van der Waals surface area contributed by atoms with Gasteiger partial charge < -0.3 is 5.32 Å². The van der Waals surface area contributed by atoms with E-state index in [2.05, 4.69) is 61.3 Å². The van der Waals surface area contributed by atoms with Crippen molar-refractivity contribution in [2.75, 3.05) is 5.32 Å². The van der Waals surface area contributed by atoms with Gasteiger partial charge in [0.05, 0.1) is 11.7 Å². The maximum Gasteiger partial charge on any atom is 0.152 e. The van der Waals surface area contributed by atoms with E-state index in [0.29, 0.717) is 5.15 Å². The zero-order valence-electron chi connectivity index (χ0n) is 10.9. The third kappa shape index (κ3) is 3.86. The van der Waals surface area contributed by atoms with Crippen LogP contribution in [0.2, 0.25) is 5.15 Å². The van der Waals surface area contributed by atoms with E-state index < -0.39 is 0 Å². The predicted octanol–water partition coefficient (Wildman–Crippen LogP) is 6.02. The molecule has 3 heterocycles. The molecule has 1 atom stereocenters. The number of aromatic nitrogens is 1. The van der Waals surface area contributed by atoms with Crippen LogP contribution in [-0.2, 0) is 6.42 Å². The van der Waals surface area contributed by atoms with E-state index in [1.54, 1.807) is 28.9 Å². The molecule has 3 aromatic rings. The number of pyridine rings is 1. The van der Waals surface area contributed by atoms with Gasteiger partial charge in [-0.25, -0.2) is 4.98 Å². The highest BCUT2D eigenvalue weighted by Gasteiger charge is 2.16. The van der Waals surface area contributed by atoms with Crippen LogP contribution in [0.4, 0.5) is 5.69 Å². The van der Waals surface area contributed by atoms with Crippen molar-refractivity contribution >= 4 is 55.9 Å². The molecule has 0 saturated carbocycles. The van der Waals surface area contributed by atoms with Crippen molar-refractivity contribution in [3.8, 4) is 0 Å². The molecule has 2 nitrogen and oxygen atoms in total. The van der Waals surface area contributed by atoms with Crippen molar-refractivity contribution in [3.63, 3.8) is 0 Å². The first-order valence-electron chi connectivity index (χ1n) is 6.36. The second-order valence-electron chi connectivity index (χ2n) is 4.49. The smallest absolute Gasteiger partial charge is 0.152 e. The lowest BCUT2D eigenvalue weighted by molar-refractivity contribution is 0.801. The van der Waals surface area contributed by atoms with Gasteiger partial charge in [-0.2, -0.15) is 0 Å². The minimum Gasteiger partial charge on any atom is -0.375 e. The fourth-order valence-corrected chi connectivity index (χ4v) is 4.07. The van der Waals surface area contributed by atoms with Crippen LogP contribution in [0.1, 0.15) is 15.8 Å². The fraction of sp³-hybridized carbons (Fsp3) is 0.133. The van der Waals surface area contributed by atoms with Gasteiger partial charge in [0, 0.05) is 26.8 Å². The second kappa shape index (κ2) is 6.92. The number of rotatable bonds is 5. The highest BCUT2D eigenvalue weighted by atomic mass is 79.9. The van der Waals surface area contributed by atoms with Crippen molar-refractivity contribution < 1.29 is 0 Å². The van der Waals surface area contributed by atoms with E-state index in [4.69, 9.17) is 11.6 Å². The lowest BCUT2D eigenvalue weighted by atomic mass is 10.1. The van der Waals surface area contributed by atoms with Crippen molar-refractivity contribution in [3.05, 3.63) is 66.7 Å². The topological polar surface area (TPSA) is 24.9 Å². The molecule has 0 aliphatic carbocycles. The molecular weight excluding hydrogens is 388 g/mol. The highest BCUT2D eigenvalue weighted by molar-refractivity contribution is 9.10. The summed E-state index contributed by atoms with van der Waals surface area (Å²) in [5, 5.41) is 8.22. The third-order valence-corrected chi connectivity index (χ3v) is 5.63. The second-order valence-corrected chi connectivity index (χ2v) is 7.77. The summed E-state index contributed by atoms with van der Waals surface area (Å²) in [5.41, 5.74) is 0.848. The standard InChI is InChI=1S/C15H12BrClN2S2/c16-10-7-13(15(17)18-9-10)19-12(14-4-2-6-21-14)8-11-3-1-5-20-11/h1-7,9,12,19H,8H2. The van der Waals surface area contributed by atoms with Crippen LogP contribution in [0.15, 0.2) is 51.8 Å². The summed E-state index contributed by atoms with van der Waals surface area (Å²) < 4.78 is 0.912. The molecule has 0 bridgehead atoms. The monoisotopic (exact) mass is 398 g/mol. The van der Waals surface area contributed by atoms with E-state index in [0.717, 1.165) is 16.6 Å². The minimum atomic E-state index is 0.192. The summed E-state index contributed by atoms with van der Waals surface area (Å²) in [6, 6.07) is 10.6. The van der Waals surface area contributed by atoms with Crippen molar-refractivity contribution in [1.29, 1.82) is 0 Å². The number of hydrogen-bond donors (Lipinski definition) is 1. The zero-order chi connectivity index (χ0) is 14.7. The van der Waals surface area contributed by atoms with Gasteiger partial charge in [-0.3, -0.25) is 0 Å². The Labute approximate surface area is 144 Å². The van der Waals surface area contributed by atoms with E-state index in [9.17, 15) is 0 Å². The van der Waals surface area contributed by atoms with Gasteiger partial charge in [0.2, 0.25) is 0 Å². The van der Waals surface area contributed by atoms with Gasteiger partial charge in [0.25, 0.3) is 0 Å². The molecule has 0 aliphatic heterocycles. The van der Waals surface area contributed by atoms with Crippen LogP contribution in [-0.4, -0.2) is 4.98 Å². The molecule has 0 spiro atoms. The summed E-state index contributed by atoms with van der Waals surface area (Å²) in [7, 11) is 0. The molecule has 3 rings (SSSR count). The number of nitrogens with one attached hydrogen (secondary N) is 1. The maximum atomic E-state index is 6.20. The summed E-state index contributed by atoms with van der Waals surface area (Å²) in [5.74, 6) is 0. The number of hydrogen-bond acceptors (Lipinski definition) is 4. The van der Waals surface area contributed by atoms with E-state index >= 15 is 0 Å². The Kier molecular flexibility index (Phi) is 4.95. The molecule has 3 aromatic heterocycles. The van der Waals surface area contributed by atoms with Crippen LogP contribution in [0.5, 0.6) is 0 Å². The fourth-order valence-electron chi connectivity index (χ4n) is 2.05. The Morgan fingerprint density at radius 3 is 2.76 bits per heavy atom. The Bertz CT molecular complexity index is 699. The molecule has 0 fully saturated rings. The predicted molar refractivity (Wildman–Crippen MR) is 95.7 cm³/mol. The van der Waals surface area contributed by atoms with Gasteiger partial charge in [0.15, 0.2) is 5.15 Å². The lowest BCUT2D eigenvalue weighted by Crippen LogP contribution is -2.12. The van der Waals surface area contributed by atoms with Crippen molar-refractivity contribution in [2.45, 2.75) is 12.5 Å². The van der Waals surface area contributed by atoms with Crippen LogP contribution in [0.25, 0.3) is 0 Å². The number of halogens is 2. The molecule has 21 heavy (non-hydrogen) atoms. The van der Waals surface area contributed by atoms with Gasteiger partial charge in [-0.05, 0) is 44.9 Å². The molecule has 0 aromatic carbocycles. The van der Waals surface area contributed by atoms with Gasteiger partial charge >= 0.3 is 0 Å². The average Bonchev–Trinajstić information content (AvgIpc) is 3.14. The number of thiophene rings is 2. The SMILES string of the molecule is Clc1ncc(Br)cc1NC(Cc1cccs1)c1cccs1. The van der Waals surface area contributed by atoms with Gasteiger partial charge in [0.1, 0.15) is 0 Å². The molecule has 0 saturated heterocycles. The average molecular weight is 400 g/mol. The molecule has 0 aliphatic rings. The van der Waals surface area contributed by atoms with Crippen LogP contribution in [0, 0.1) is 0 Å². The first-order valence-corrected chi connectivity index (χ1v) is 9.29. The quantitative estimate of drug-likeness (QED) is 0.531. The Balaban J connectivity index is 1.87. The lowest BCUT2D eigenvalue weighted by Gasteiger charge is -2.19. The third-order valence-electron chi connectivity index (χ3n) is 3.01. The molecular formula is C15H12BrClN2S2. The highest BCUT2D eigenvalue weighted by Crippen LogP contribution is 2.31. The zero-order valence-corrected chi connectivity index (χ0v) is 14.9. The summed E-state index contributed by atoms with van der Waals surface area (Å²) in [4.78, 5) is 6.81. The molecule has 6 heteroatoms. The van der Waals surface area contributed by atoms with E-state index in [1.165, 1.54) is 9.75 Å². The van der Waals surface area contributed by atoms with Crippen molar-refractivity contribution in [2.24, 2.45) is 0 Å².